The second-order valence-corrected chi connectivity index (χ2v) is 4.95. The summed E-state index contributed by atoms with van der Waals surface area (Å²) < 4.78 is 37.2. The van der Waals surface area contributed by atoms with Gasteiger partial charge >= 0.3 is 12.1 Å². The molecule has 0 bridgehead atoms. The fourth-order valence-electron chi connectivity index (χ4n) is 1.14. The van der Waals surface area contributed by atoms with E-state index in [4.69, 9.17) is 5.11 Å². The number of nitrogens with zero attached hydrogens (tertiary/aromatic N) is 2. The van der Waals surface area contributed by atoms with Crippen LogP contribution >= 0.6 is 11.8 Å². The minimum absolute atomic E-state index is 0.189. The Morgan fingerprint density at radius 1 is 1.44 bits per heavy atom. The van der Waals surface area contributed by atoms with Crippen molar-refractivity contribution in [2.45, 2.75) is 30.4 Å². The van der Waals surface area contributed by atoms with Crippen molar-refractivity contribution >= 4 is 17.7 Å². The molecule has 1 N–H and O–H groups in total. The number of rotatable bonds is 4. The summed E-state index contributed by atoms with van der Waals surface area (Å²) in [5.41, 5.74) is -1.08. The van der Waals surface area contributed by atoms with E-state index in [-0.39, 0.29) is 11.1 Å². The number of carbonyl (C=O) groups is 1. The zero-order chi connectivity index (χ0) is 13.9. The van der Waals surface area contributed by atoms with Gasteiger partial charge in [0, 0.05) is 6.20 Å². The van der Waals surface area contributed by atoms with Crippen molar-refractivity contribution in [1.82, 2.24) is 9.97 Å². The molecule has 8 heteroatoms. The molecule has 1 aromatic heterocycles. The molecule has 0 aliphatic rings. The molecule has 0 amide bonds. The van der Waals surface area contributed by atoms with Gasteiger partial charge < -0.3 is 5.11 Å². The molecule has 0 fully saturated rings. The SMILES string of the molecule is CC(C)C(Sc1nccc(C(F)(F)F)n1)C(=O)O. The molecule has 0 aliphatic carbocycles. The highest BCUT2D eigenvalue weighted by molar-refractivity contribution is 8.00. The van der Waals surface area contributed by atoms with E-state index < -0.39 is 23.1 Å². The third-order valence-corrected chi connectivity index (χ3v) is 3.41. The molecule has 1 atom stereocenters. The van der Waals surface area contributed by atoms with E-state index in [1.54, 1.807) is 13.8 Å². The van der Waals surface area contributed by atoms with Crippen LogP contribution < -0.4 is 0 Å². The minimum Gasteiger partial charge on any atom is -0.480 e. The zero-order valence-electron chi connectivity index (χ0n) is 9.60. The number of carboxylic acids is 1. The van der Waals surface area contributed by atoms with Gasteiger partial charge in [-0.2, -0.15) is 13.2 Å². The van der Waals surface area contributed by atoms with Crippen LogP contribution in [-0.4, -0.2) is 26.3 Å². The number of thioether (sulfide) groups is 1. The molecular formula is C10H11F3N2O2S. The highest BCUT2D eigenvalue weighted by atomic mass is 32.2. The minimum atomic E-state index is -4.56. The van der Waals surface area contributed by atoms with Gasteiger partial charge in [-0.3, -0.25) is 4.79 Å². The maximum atomic E-state index is 12.4. The fourth-order valence-corrected chi connectivity index (χ4v) is 2.01. The van der Waals surface area contributed by atoms with Crippen LogP contribution in [0.2, 0.25) is 0 Å². The largest absolute Gasteiger partial charge is 0.480 e. The van der Waals surface area contributed by atoms with Gasteiger partial charge in [-0.15, -0.1) is 0 Å². The topological polar surface area (TPSA) is 63.1 Å². The maximum Gasteiger partial charge on any atom is 0.433 e. The predicted octanol–water partition coefficient (Wildman–Crippen LogP) is 2.70. The number of aromatic nitrogens is 2. The van der Waals surface area contributed by atoms with Crippen LogP contribution in [0.1, 0.15) is 19.5 Å². The monoisotopic (exact) mass is 280 g/mol. The van der Waals surface area contributed by atoms with Gasteiger partial charge in [-0.05, 0) is 12.0 Å². The first-order valence-electron chi connectivity index (χ1n) is 5.01. The lowest BCUT2D eigenvalue weighted by molar-refractivity contribution is -0.141. The third-order valence-electron chi connectivity index (χ3n) is 2.01. The number of carboxylic acid groups (broad SMARTS) is 1. The molecule has 1 rings (SSSR count). The van der Waals surface area contributed by atoms with E-state index in [1.165, 1.54) is 0 Å². The van der Waals surface area contributed by atoms with E-state index in [1.807, 2.05) is 0 Å². The van der Waals surface area contributed by atoms with Crippen LogP contribution in [0.5, 0.6) is 0 Å². The van der Waals surface area contributed by atoms with Gasteiger partial charge in [0.05, 0.1) is 0 Å². The van der Waals surface area contributed by atoms with Crippen LogP contribution in [-0.2, 0) is 11.0 Å². The van der Waals surface area contributed by atoms with Crippen LogP contribution in [0.4, 0.5) is 13.2 Å². The van der Waals surface area contributed by atoms with Crippen molar-refractivity contribution in [3.05, 3.63) is 18.0 Å². The summed E-state index contributed by atoms with van der Waals surface area (Å²) >= 11 is 0.713. The molecule has 1 aromatic rings. The van der Waals surface area contributed by atoms with Crippen LogP contribution in [0.3, 0.4) is 0 Å². The Morgan fingerprint density at radius 2 is 2.06 bits per heavy atom. The fraction of sp³-hybridized carbons (Fsp3) is 0.500. The molecule has 0 radical (unpaired) electrons. The molecule has 0 aromatic carbocycles. The lowest BCUT2D eigenvalue weighted by Crippen LogP contribution is -2.23. The van der Waals surface area contributed by atoms with E-state index >= 15 is 0 Å². The molecule has 4 nitrogen and oxygen atoms in total. The van der Waals surface area contributed by atoms with Gasteiger partial charge in [0.2, 0.25) is 0 Å². The molecule has 18 heavy (non-hydrogen) atoms. The van der Waals surface area contributed by atoms with Crippen molar-refractivity contribution in [3.63, 3.8) is 0 Å². The Balaban J connectivity index is 2.94. The standard InChI is InChI=1S/C10H11F3N2O2S/c1-5(2)7(8(16)17)18-9-14-4-3-6(15-9)10(11,12)13/h3-5,7H,1-2H3,(H,16,17). The smallest absolute Gasteiger partial charge is 0.433 e. The Bertz CT molecular complexity index is 437. The van der Waals surface area contributed by atoms with Crippen molar-refractivity contribution in [3.8, 4) is 0 Å². The van der Waals surface area contributed by atoms with E-state index in [0.29, 0.717) is 11.8 Å². The highest BCUT2D eigenvalue weighted by Crippen LogP contribution is 2.30. The van der Waals surface area contributed by atoms with Gasteiger partial charge in [0.15, 0.2) is 5.16 Å². The Labute approximate surface area is 106 Å². The second kappa shape index (κ2) is 5.55. The van der Waals surface area contributed by atoms with E-state index in [0.717, 1.165) is 12.3 Å². The molecule has 0 spiro atoms. The second-order valence-electron chi connectivity index (χ2n) is 3.84. The van der Waals surface area contributed by atoms with Gasteiger partial charge in [-0.1, -0.05) is 25.6 Å². The van der Waals surface area contributed by atoms with E-state index in [2.05, 4.69) is 9.97 Å². The number of alkyl halides is 3. The van der Waals surface area contributed by atoms with Gasteiger partial charge in [0.25, 0.3) is 0 Å². The van der Waals surface area contributed by atoms with E-state index in [9.17, 15) is 18.0 Å². The summed E-state index contributed by atoms with van der Waals surface area (Å²) in [6, 6.07) is 0.745. The summed E-state index contributed by atoms with van der Waals surface area (Å²) in [6.07, 6.45) is -3.59. The maximum absolute atomic E-state index is 12.4. The molecule has 0 aliphatic heterocycles. The quantitative estimate of drug-likeness (QED) is 0.678. The first-order valence-corrected chi connectivity index (χ1v) is 5.89. The number of hydrogen-bond acceptors (Lipinski definition) is 4. The lowest BCUT2D eigenvalue weighted by atomic mass is 10.1. The van der Waals surface area contributed by atoms with Crippen LogP contribution in [0, 0.1) is 5.92 Å². The molecule has 1 unspecified atom stereocenters. The zero-order valence-corrected chi connectivity index (χ0v) is 10.4. The molecular weight excluding hydrogens is 269 g/mol. The van der Waals surface area contributed by atoms with Gasteiger partial charge in [0.1, 0.15) is 10.9 Å². The Kier molecular flexibility index (Phi) is 4.55. The number of aliphatic carboxylic acids is 1. The van der Waals surface area contributed by atoms with Gasteiger partial charge in [-0.25, -0.2) is 9.97 Å². The average molecular weight is 280 g/mol. The lowest BCUT2D eigenvalue weighted by Gasteiger charge is -2.14. The summed E-state index contributed by atoms with van der Waals surface area (Å²) in [5, 5.41) is 7.87. The Hall–Kier alpha value is -1.31. The van der Waals surface area contributed by atoms with Crippen molar-refractivity contribution < 1.29 is 23.1 Å². The van der Waals surface area contributed by atoms with Crippen molar-refractivity contribution in [2.75, 3.05) is 0 Å². The highest BCUT2D eigenvalue weighted by Gasteiger charge is 2.33. The molecule has 0 saturated heterocycles. The summed E-state index contributed by atoms with van der Waals surface area (Å²) in [6.45, 7) is 3.33. The average Bonchev–Trinajstić information content (AvgIpc) is 2.24. The predicted molar refractivity (Wildman–Crippen MR) is 59.2 cm³/mol. The summed E-state index contributed by atoms with van der Waals surface area (Å²) in [4.78, 5) is 17.9. The first-order chi connectivity index (χ1) is 8.21. The molecule has 0 saturated carbocycles. The normalized spacial score (nSPS) is 13.7. The first kappa shape index (κ1) is 14.7. The number of halogens is 3. The summed E-state index contributed by atoms with van der Waals surface area (Å²) in [5.74, 6) is -1.35. The van der Waals surface area contributed by atoms with Crippen molar-refractivity contribution in [2.24, 2.45) is 5.92 Å². The van der Waals surface area contributed by atoms with Crippen LogP contribution in [0.25, 0.3) is 0 Å². The molecule has 1 heterocycles. The van der Waals surface area contributed by atoms with Crippen LogP contribution in [0.15, 0.2) is 17.4 Å². The number of hydrogen-bond donors (Lipinski definition) is 1. The third kappa shape index (κ3) is 3.86. The summed E-state index contributed by atoms with van der Waals surface area (Å²) in [7, 11) is 0. The van der Waals surface area contributed by atoms with Crippen molar-refractivity contribution in [1.29, 1.82) is 0 Å². The Morgan fingerprint density at radius 3 is 2.50 bits per heavy atom. The molecule has 100 valence electrons.